The first-order valence-corrected chi connectivity index (χ1v) is 8.37. The van der Waals surface area contributed by atoms with E-state index in [-0.39, 0.29) is 18.4 Å². The summed E-state index contributed by atoms with van der Waals surface area (Å²) in [5.74, 6) is -0.680. The van der Waals surface area contributed by atoms with Crippen LogP contribution >= 0.6 is 11.3 Å². The van der Waals surface area contributed by atoms with E-state index in [1.807, 2.05) is 17.5 Å². The van der Waals surface area contributed by atoms with Gasteiger partial charge in [-0.3, -0.25) is 0 Å². The van der Waals surface area contributed by atoms with E-state index in [1.165, 1.54) is 23.5 Å². The van der Waals surface area contributed by atoms with Crippen LogP contribution in [0.3, 0.4) is 0 Å². The zero-order valence-electron chi connectivity index (χ0n) is 13.3. The lowest BCUT2D eigenvalue weighted by atomic mass is 10.1. The summed E-state index contributed by atoms with van der Waals surface area (Å²) in [5, 5.41) is 4.74. The van der Waals surface area contributed by atoms with Crippen molar-refractivity contribution < 1.29 is 22.3 Å². The van der Waals surface area contributed by atoms with Gasteiger partial charge < -0.3 is 10.1 Å². The minimum absolute atomic E-state index is 0.0348. The summed E-state index contributed by atoms with van der Waals surface area (Å²) in [4.78, 5) is 8.62. The van der Waals surface area contributed by atoms with E-state index in [9.17, 15) is 17.6 Å². The van der Waals surface area contributed by atoms with Crippen molar-refractivity contribution >= 4 is 17.2 Å². The van der Waals surface area contributed by atoms with Gasteiger partial charge in [0.15, 0.2) is 11.6 Å². The maximum atomic E-state index is 13.8. The predicted octanol–water partition coefficient (Wildman–Crippen LogP) is 4.89. The molecule has 0 aliphatic carbocycles. The molecule has 1 N–H and O–H groups in total. The van der Waals surface area contributed by atoms with E-state index in [0.717, 1.165) is 23.2 Å². The van der Waals surface area contributed by atoms with Gasteiger partial charge in [0, 0.05) is 4.88 Å². The van der Waals surface area contributed by atoms with Crippen molar-refractivity contribution in [2.45, 2.75) is 19.3 Å². The number of thiophene rings is 1. The summed E-state index contributed by atoms with van der Waals surface area (Å²) in [6, 6.07) is 8.39. The van der Waals surface area contributed by atoms with Gasteiger partial charge in [-0.2, -0.15) is 18.2 Å². The molecule has 3 rings (SSSR count). The number of hydrogen-bond donors (Lipinski definition) is 1. The minimum Gasteiger partial charge on any atom is -0.459 e. The van der Waals surface area contributed by atoms with Gasteiger partial charge in [0.25, 0.3) is 0 Å². The fourth-order valence-corrected chi connectivity index (χ4v) is 2.76. The molecule has 0 aliphatic rings. The third-order valence-electron chi connectivity index (χ3n) is 3.35. The van der Waals surface area contributed by atoms with Crippen LogP contribution in [0.25, 0.3) is 0 Å². The van der Waals surface area contributed by atoms with Crippen LogP contribution in [0.5, 0.6) is 6.01 Å². The van der Waals surface area contributed by atoms with Crippen molar-refractivity contribution in [1.29, 1.82) is 0 Å². The number of nitrogens with one attached hydrogen (secondary N) is 1. The van der Waals surface area contributed by atoms with Crippen molar-refractivity contribution in [2.75, 3.05) is 5.32 Å². The fraction of sp³-hybridized carbons (Fsp3) is 0.176. The molecule has 0 spiro atoms. The van der Waals surface area contributed by atoms with Crippen LogP contribution in [0.4, 0.5) is 23.4 Å². The van der Waals surface area contributed by atoms with Crippen molar-refractivity contribution in [2.24, 2.45) is 0 Å². The number of anilines is 1. The highest BCUT2D eigenvalue weighted by molar-refractivity contribution is 7.09. The Morgan fingerprint density at radius 3 is 2.73 bits per heavy atom. The highest BCUT2D eigenvalue weighted by Gasteiger charge is 2.30. The van der Waals surface area contributed by atoms with Crippen molar-refractivity contribution in [3.63, 3.8) is 0 Å². The molecule has 4 nitrogen and oxygen atoms in total. The molecule has 136 valence electrons. The number of alkyl halides is 3. The lowest BCUT2D eigenvalue weighted by molar-refractivity contribution is -0.137. The summed E-state index contributed by atoms with van der Waals surface area (Å²) in [6.07, 6.45) is -3.48. The normalized spacial score (nSPS) is 11.4. The van der Waals surface area contributed by atoms with Crippen LogP contribution in [0.15, 0.2) is 48.0 Å². The summed E-state index contributed by atoms with van der Waals surface area (Å²) in [6.45, 7) is 0.221. The Morgan fingerprint density at radius 2 is 2.00 bits per heavy atom. The minimum atomic E-state index is -4.43. The molecule has 0 atom stereocenters. The zero-order chi connectivity index (χ0) is 18.6. The standard InChI is InChI=1S/C17H13F4N3OS/c18-14-9-23-16(24-15(14)22-8-13-5-2-6-26-13)25-10-11-3-1-4-12(7-11)17(19,20)21/h1-7,9H,8,10H2,(H,22,23,24). The number of nitrogens with zero attached hydrogens (tertiary/aromatic N) is 2. The third-order valence-corrected chi connectivity index (χ3v) is 4.23. The van der Waals surface area contributed by atoms with Gasteiger partial charge in [0.2, 0.25) is 0 Å². The average molecular weight is 383 g/mol. The summed E-state index contributed by atoms with van der Waals surface area (Å²) < 4.78 is 57.2. The number of benzene rings is 1. The van der Waals surface area contributed by atoms with Gasteiger partial charge >= 0.3 is 12.2 Å². The first kappa shape index (κ1) is 18.1. The quantitative estimate of drug-likeness (QED) is 0.616. The summed E-state index contributed by atoms with van der Waals surface area (Å²) in [7, 11) is 0. The van der Waals surface area contributed by atoms with Gasteiger partial charge in [-0.25, -0.2) is 9.37 Å². The molecule has 0 bridgehead atoms. The summed E-state index contributed by atoms with van der Waals surface area (Å²) >= 11 is 1.51. The summed E-state index contributed by atoms with van der Waals surface area (Å²) in [5.41, 5.74) is -0.460. The van der Waals surface area contributed by atoms with Crippen LogP contribution < -0.4 is 10.1 Å². The predicted molar refractivity (Wildman–Crippen MR) is 89.4 cm³/mol. The van der Waals surface area contributed by atoms with Gasteiger partial charge in [-0.05, 0) is 29.1 Å². The first-order valence-electron chi connectivity index (χ1n) is 7.49. The molecule has 26 heavy (non-hydrogen) atoms. The van der Waals surface area contributed by atoms with E-state index in [1.54, 1.807) is 0 Å². The second-order valence-corrected chi connectivity index (χ2v) is 6.30. The van der Waals surface area contributed by atoms with E-state index in [2.05, 4.69) is 15.3 Å². The molecular formula is C17H13F4N3OS. The van der Waals surface area contributed by atoms with Crippen LogP contribution in [-0.2, 0) is 19.3 Å². The maximum Gasteiger partial charge on any atom is 0.416 e. The van der Waals surface area contributed by atoms with Crippen molar-refractivity contribution in [3.05, 3.63) is 69.8 Å². The molecule has 0 unspecified atom stereocenters. The van der Waals surface area contributed by atoms with E-state index >= 15 is 0 Å². The molecule has 0 aliphatic heterocycles. The van der Waals surface area contributed by atoms with Gasteiger partial charge in [0.1, 0.15) is 6.61 Å². The number of aromatic nitrogens is 2. The highest BCUT2D eigenvalue weighted by atomic mass is 32.1. The van der Waals surface area contributed by atoms with E-state index < -0.39 is 17.6 Å². The average Bonchev–Trinajstić information content (AvgIpc) is 3.13. The van der Waals surface area contributed by atoms with Crippen LogP contribution in [0.1, 0.15) is 16.0 Å². The lowest BCUT2D eigenvalue weighted by Gasteiger charge is -2.10. The fourth-order valence-electron chi connectivity index (χ4n) is 2.11. The zero-order valence-corrected chi connectivity index (χ0v) is 14.1. The topological polar surface area (TPSA) is 47.0 Å². The Kier molecular flexibility index (Phi) is 5.36. The molecule has 9 heteroatoms. The molecular weight excluding hydrogens is 370 g/mol. The monoisotopic (exact) mass is 383 g/mol. The van der Waals surface area contributed by atoms with Crippen LogP contribution in [-0.4, -0.2) is 9.97 Å². The molecule has 0 saturated heterocycles. The van der Waals surface area contributed by atoms with Crippen LogP contribution in [0.2, 0.25) is 0 Å². The number of halogens is 4. The third kappa shape index (κ3) is 4.69. The molecule has 1 aromatic carbocycles. The van der Waals surface area contributed by atoms with E-state index in [0.29, 0.717) is 12.1 Å². The highest BCUT2D eigenvalue weighted by Crippen LogP contribution is 2.29. The second-order valence-electron chi connectivity index (χ2n) is 5.27. The molecule has 0 fully saturated rings. The van der Waals surface area contributed by atoms with Gasteiger partial charge in [-0.15, -0.1) is 11.3 Å². The molecule has 2 heterocycles. The maximum absolute atomic E-state index is 13.8. The molecule has 0 radical (unpaired) electrons. The van der Waals surface area contributed by atoms with Crippen LogP contribution in [0, 0.1) is 5.82 Å². The van der Waals surface area contributed by atoms with Gasteiger partial charge in [-0.1, -0.05) is 18.2 Å². The number of ether oxygens (including phenoxy) is 1. The Labute approximate surface area is 150 Å². The van der Waals surface area contributed by atoms with Gasteiger partial charge in [0.05, 0.1) is 18.3 Å². The number of rotatable bonds is 6. The Balaban J connectivity index is 1.66. The Morgan fingerprint density at radius 1 is 1.15 bits per heavy atom. The lowest BCUT2D eigenvalue weighted by Crippen LogP contribution is -2.08. The van der Waals surface area contributed by atoms with E-state index in [4.69, 9.17) is 4.74 Å². The second kappa shape index (κ2) is 7.69. The van der Waals surface area contributed by atoms with Crippen molar-refractivity contribution in [1.82, 2.24) is 9.97 Å². The van der Waals surface area contributed by atoms with Crippen molar-refractivity contribution in [3.8, 4) is 6.01 Å². The smallest absolute Gasteiger partial charge is 0.416 e. The molecule has 0 saturated carbocycles. The SMILES string of the molecule is Fc1cnc(OCc2cccc(C(F)(F)F)c2)nc1NCc1cccs1. The molecule has 3 aromatic rings. The largest absolute Gasteiger partial charge is 0.459 e. The Hall–Kier alpha value is -2.68. The Bertz CT molecular complexity index is 869. The molecule has 0 amide bonds. The first-order chi connectivity index (χ1) is 12.4. The number of hydrogen-bond acceptors (Lipinski definition) is 5. The molecule has 2 aromatic heterocycles.